The molecule has 15 heteroatoms. The number of fused-ring (bicyclic) bond motifs is 1. The van der Waals surface area contributed by atoms with Crippen LogP contribution in [-0.4, -0.2) is 63.9 Å². The lowest BCUT2D eigenvalue weighted by Gasteiger charge is -2.32. The summed E-state index contributed by atoms with van der Waals surface area (Å²) in [6, 6.07) is 4.04. The fourth-order valence-electron chi connectivity index (χ4n) is 5.59. The van der Waals surface area contributed by atoms with Crippen LogP contribution in [0.3, 0.4) is 0 Å². The van der Waals surface area contributed by atoms with E-state index in [2.05, 4.69) is 14.8 Å². The van der Waals surface area contributed by atoms with E-state index in [9.17, 15) is 21.6 Å². The van der Waals surface area contributed by atoms with Crippen LogP contribution in [0.15, 0.2) is 52.7 Å². The summed E-state index contributed by atoms with van der Waals surface area (Å²) in [4.78, 5) is 11.3. The van der Waals surface area contributed by atoms with E-state index in [4.69, 9.17) is 16.6 Å². The van der Waals surface area contributed by atoms with Crippen LogP contribution in [0.1, 0.15) is 49.1 Å². The van der Waals surface area contributed by atoms with Gasteiger partial charge in [0.1, 0.15) is 11.9 Å². The molecule has 0 aliphatic carbocycles. The Bertz CT molecular complexity index is 1620. The van der Waals surface area contributed by atoms with Crippen molar-refractivity contribution in [1.82, 2.24) is 28.7 Å². The van der Waals surface area contributed by atoms with Gasteiger partial charge >= 0.3 is 6.55 Å². The van der Waals surface area contributed by atoms with Gasteiger partial charge in [0.25, 0.3) is 10.2 Å². The van der Waals surface area contributed by atoms with Crippen LogP contribution in [0, 0.1) is 17.7 Å². The number of halogens is 4. The SMILES string of the molecule is C[C@H]1CN(S(=O)(=O)N[C@H]2CC3=C(c4ccn(C(F)F)n4)[C@H](c4ccc(F)cc4Cl)N=C(c4nccs4)N3C2)C[C@@H]1C. The van der Waals surface area contributed by atoms with Gasteiger partial charge in [-0.3, -0.25) is 4.99 Å². The Balaban J connectivity index is 1.46. The van der Waals surface area contributed by atoms with Gasteiger partial charge in [-0.1, -0.05) is 31.5 Å². The molecule has 1 N–H and O–H groups in total. The van der Waals surface area contributed by atoms with Gasteiger partial charge in [0.05, 0.1) is 5.69 Å². The summed E-state index contributed by atoms with van der Waals surface area (Å²) < 4.78 is 72.7. The lowest BCUT2D eigenvalue weighted by atomic mass is 9.92. The molecule has 0 bridgehead atoms. The van der Waals surface area contributed by atoms with Crippen molar-refractivity contribution in [3.8, 4) is 0 Å². The second-order valence-electron chi connectivity index (χ2n) is 10.6. The monoisotopic (exact) mass is 625 g/mol. The van der Waals surface area contributed by atoms with E-state index in [-0.39, 0.29) is 35.5 Å². The lowest BCUT2D eigenvalue weighted by Crippen LogP contribution is -2.46. The van der Waals surface area contributed by atoms with Gasteiger partial charge in [-0.2, -0.15) is 31.3 Å². The Kier molecular flexibility index (Phi) is 7.47. The molecule has 2 fully saturated rings. The third-order valence-electron chi connectivity index (χ3n) is 7.84. The number of hydrogen-bond acceptors (Lipinski definition) is 7. The first-order valence-corrected chi connectivity index (χ1v) is 15.8. The molecule has 0 saturated carbocycles. The zero-order chi connectivity index (χ0) is 29.1. The van der Waals surface area contributed by atoms with Gasteiger partial charge in [-0.25, -0.2) is 14.1 Å². The van der Waals surface area contributed by atoms with E-state index in [1.54, 1.807) is 11.6 Å². The first-order valence-electron chi connectivity index (χ1n) is 13.1. The second kappa shape index (κ2) is 10.8. The van der Waals surface area contributed by atoms with Gasteiger partial charge in [0.15, 0.2) is 10.8 Å². The highest BCUT2D eigenvalue weighted by Crippen LogP contribution is 2.46. The van der Waals surface area contributed by atoms with Crippen LogP contribution in [0.25, 0.3) is 5.57 Å². The van der Waals surface area contributed by atoms with Crippen molar-refractivity contribution >= 4 is 44.6 Å². The highest BCUT2D eigenvalue weighted by Gasteiger charge is 2.43. The Morgan fingerprint density at radius 1 is 1.15 bits per heavy atom. The fourth-order valence-corrected chi connectivity index (χ4v) is 8.09. The van der Waals surface area contributed by atoms with Crippen molar-refractivity contribution in [2.75, 3.05) is 19.6 Å². The van der Waals surface area contributed by atoms with Gasteiger partial charge in [-0.05, 0) is 30.0 Å². The average molecular weight is 626 g/mol. The third kappa shape index (κ3) is 5.31. The molecule has 0 amide bonds. The number of benzene rings is 1. The maximum absolute atomic E-state index is 14.0. The summed E-state index contributed by atoms with van der Waals surface area (Å²) in [5.41, 5.74) is 1.84. The first-order chi connectivity index (χ1) is 19.5. The van der Waals surface area contributed by atoms with Gasteiger partial charge in [0.2, 0.25) is 0 Å². The predicted octanol–water partition coefficient (Wildman–Crippen LogP) is 4.94. The maximum Gasteiger partial charge on any atom is 0.333 e. The molecule has 218 valence electrons. The molecule has 6 rings (SSSR count). The summed E-state index contributed by atoms with van der Waals surface area (Å²) in [6.07, 6.45) is 3.05. The molecule has 3 aromatic rings. The number of amidine groups is 1. The number of hydrogen-bond donors (Lipinski definition) is 1. The van der Waals surface area contributed by atoms with Crippen molar-refractivity contribution in [3.63, 3.8) is 0 Å². The van der Waals surface area contributed by atoms with Crippen LogP contribution in [-0.2, 0) is 10.2 Å². The summed E-state index contributed by atoms with van der Waals surface area (Å²) in [7, 11) is -3.79. The summed E-state index contributed by atoms with van der Waals surface area (Å²) >= 11 is 7.86. The van der Waals surface area contributed by atoms with Gasteiger partial charge in [-0.15, -0.1) is 11.3 Å². The summed E-state index contributed by atoms with van der Waals surface area (Å²) in [5.74, 6) is 0.441. The smallest absolute Gasteiger partial charge is 0.326 e. The largest absolute Gasteiger partial charge is 0.333 e. The van der Waals surface area contributed by atoms with Crippen molar-refractivity contribution in [2.45, 2.75) is 38.9 Å². The number of rotatable bonds is 7. The fraction of sp³-hybridized carbons (Fsp3) is 0.423. The van der Waals surface area contributed by atoms with E-state index >= 15 is 0 Å². The van der Waals surface area contributed by atoms with Crippen LogP contribution < -0.4 is 4.72 Å². The number of nitrogens with one attached hydrogen (secondary N) is 1. The number of alkyl halides is 2. The molecule has 3 aliphatic rings. The van der Waals surface area contributed by atoms with E-state index in [1.807, 2.05) is 18.7 Å². The van der Waals surface area contributed by atoms with Crippen LogP contribution in [0.2, 0.25) is 5.02 Å². The maximum atomic E-state index is 14.0. The molecule has 2 aromatic heterocycles. The zero-order valence-electron chi connectivity index (χ0n) is 22.1. The summed E-state index contributed by atoms with van der Waals surface area (Å²) in [5, 5.41) is 6.62. The number of nitrogens with zero attached hydrogens (tertiary/aromatic N) is 6. The molecular formula is C26H27ClF3N7O2S2. The highest BCUT2D eigenvalue weighted by molar-refractivity contribution is 7.87. The molecule has 4 atom stereocenters. The van der Waals surface area contributed by atoms with Crippen molar-refractivity contribution in [2.24, 2.45) is 16.8 Å². The van der Waals surface area contributed by atoms with Crippen molar-refractivity contribution in [1.29, 1.82) is 0 Å². The molecule has 2 saturated heterocycles. The third-order valence-corrected chi connectivity index (χ3v) is 10.5. The Hall–Kier alpha value is -2.78. The van der Waals surface area contributed by atoms with Crippen molar-refractivity contribution < 1.29 is 21.6 Å². The van der Waals surface area contributed by atoms with Crippen LogP contribution >= 0.6 is 22.9 Å². The molecule has 3 aliphatic heterocycles. The van der Waals surface area contributed by atoms with E-state index in [0.29, 0.717) is 45.4 Å². The minimum Gasteiger partial charge on any atom is -0.326 e. The highest BCUT2D eigenvalue weighted by atomic mass is 35.5. The number of aliphatic imine (C=N–C) groups is 1. The summed E-state index contributed by atoms with van der Waals surface area (Å²) in [6.45, 7) is 2.32. The normalized spacial score (nSPS) is 25.3. The van der Waals surface area contributed by atoms with Crippen LogP contribution in [0.4, 0.5) is 13.2 Å². The topological polar surface area (TPSA) is 95.7 Å². The molecule has 9 nitrogen and oxygen atoms in total. The predicted molar refractivity (Wildman–Crippen MR) is 150 cm³/mol. The standard InChI is InChI=1S/C26H27ClF3N7O2S2/c1-14-11-35(12-15(14)2)41(38,39)34-17-10-21-22(20-5-7-37(33-20)26(29)30)23(18-4-3-16(28)9-19(18)27)32-24(36(21)13-17)25-31-6-8-40-25/h3-9,14-15,17,23,26,34H,10-13H2,1-2H3/t14-,15-,17-,23-/m0/s1. The lowest BCUT2D eigenvalue weighted by molar-refractivity contribution is 0.0564. The van der Waals surface area contributed by atoms with Crippen molar-refractivity contribution in [3.05, 3.63) is 74.8 Å². The number of thiazole rings is 1. The average Bonchev–Trinajstić information content (AvgIpc) is 3.71. The molecule has 0 radical (unpaired) electrons. The quantitative estimate of drug-likeness (QED) is 0.402. The minimum atomic E-state index is -3.79. The van der Waals surface area contributed by atoms with E-state index in [1.165, 1.54) is 46.1 Å². The molecule has 5 heterocycles. The van der Waals surface area contributed by atoms with Gasteiger partial charge < -0.3 is 4.90 Å². The van der Waals surface area contributed by atoms with Crippen LogP contribution in [0.5, 0.6) is 0 Å². The van der Waals surface area contributed by atoms with Gasteiger partial charge in [0, 0.05) is 71.7 Å². The molecule has 0 unspecified atom stereocenters. The Morgan fingerprint density at radius 3 is 2.54 bits per heavy atom. The second-order valence-corrected chi connectivity index (χ2v) is 13.6. The first kappa shape index (κ1) is 28.3. The Labute approximate surface area is 244 Å². The van der Waals surface area contributed by atoms with E-state index < -0.39 is 34.7 Å². The Morgan fingerprint density at radius 2 is 1.90 bits per heavy atom. The molecule has 1 aromatic carbocycles. The minimum absolute atomic E-state index is 0.115. The molecule has 0 spiro atoms. The van der Waals surface area contributed by atoms with E-state index in [0.717, 1.165) is 0 Å². The number of aromatic nitrogens is 3. The molecular weight excluding hydrogens is 599 g/mol. The molecule has 41 heavy (non-hydrogen) atoms. The zero-order valence-corrected chi connectivity index (χ0v) is 24.5.